The van der Waals surface area contributed by atoms with E-state index in [2.05, 4.69) is 0 Å². The fourth-order valence-electron chi connectivity index (χ4n) is 1.98. The van der Waals surface area contributed by atoms with E-state index in [9.17, 15) is 15.2 Å². The van der Waals surface area contributed by atoms with Crippen molar-refractivity contribution in [1.29, 1.82) is 0 Å². The van der Waals surface area contributed by atoms with Crippen molar-refractivity contribution in [3.63, 3.8) is 0 Å². The summed E-state index contributed by atoms with van der Waals surface area (Å²) in [6.45, 7) is 0.672. The van der Waals surface area contributed by atoms with Crippen LogP contribution in [0, 0.1) is 10.1 Å². The van der Waals surface area contributed by atoms with Gasteiger partial charge in [-0.1, -0.05) is 0 Å². The third kappa shape index (κ3) is 2.69. The molecule has 2 rings (SSSR count). The molecule has 4 N–H and O–H groups in total. The first kappa shape index (κ1) is 13.4. The van der Waals surface area contributed by atoms with Crippen molar-refractivity contribution in [2.45, 2.75) is 6.10 Å². The summed E-state index contributed by atoms with van der Waals surface area (Å²) in [6, 6.07) is 2.73. The van der Waals surface area contributed by atoms with Crippen molar-refractivity contribution in [1.82, 2.24) is 0 Å². The highest BCUT2D eigenvalue weighted by molar-refractivity contribution is 5.73. The number of hydrogen-bond donors (Lipinski definition) is 3. The van der Waals surface area contributed by atoms with Crippen molar-refractivity contribution in [2.75, 3.05) is 36.9 Å². The normalized spacial score (nSPS) is 15.6. The second-order valence-corrected chi connectivity index (χ2v) is 4.27. The highest BCUT2D eigenvalue weighted by atomic mass is 16.6. The quantitative estimate of drug-likeness (QED) is 0.390. The maximum absolute atomic E-state index is 10.9. The van der Waals surface area contributed by atoms with Gasteiger partial charge in [-0.3, -0.25) is 10.1 Å². The molecule has 1 aromatic rings. The Labute approximate surface area is 109 Å². The lowest BCUT2D eigenvalue weighted by Gasteiger charge is -2.32. The average Bonchev–Trinajstić information content (AvgIpc) is 2.37. The van der Waals surface area contributed by atoms with E-state index < -0.39 is 11.0 Å². The first-order valence-electron chi connectivity index (χ1n) is 5.77. The number of aliphatic hydroxyl groups excluding tert-OH is 2. The van der Waals surface area contributed by atoms with Crippen LogP contribution in [0.25, 0.3) is 0 Å². The van der Waals surface area contributed by atoms with E-state index in [1.165, 1.54) is 12.1 Å². The van der Waals surface area contributed by atoms with Gasteiger partial charge in [0.05, 0.1) is 29.9 Å². The van der Waals surface area contributed by atoms with Crippen molar-refractivity contribution in [3.8, 4) is 5.75 Å². The number of aliphatic hydroxyl groups is 2. The summed E-state index contributed by atoms with van der Waals surface area (Å²) in [6.07, 6.45) is -0.914. The molecule has 0 amide bonds. The molecule has 104 valence electrons. The van der Waals surface area contributed by atoms with E-state index in [1.54, 1.807) is 4.90 Å². The number of nitrogens with zero attached hydrogens (tertiary/aromatic N) is 2. The van der Waals surface area contributed by atoms with Gasteiger partial charge >= 0.3 is 0 Å². The Kier molecular flexibility index (Phi) is 3.72. The molecule has 1 aliphatic heterocycles. The molecular weight excluding hydrogens is 254 g/mol. The Balaban J connectivity index is 2.36. The molecule has 8 heteroatoms. The molecule has 1 aromatic carbocycles. The van der Waals surface area contributed by atoms with Gasteiger partial charge in [0, 0.05) is 18.7 Å². The van der Waals surface area contributed by atoms with Gasteiger partial charge in [0.1, 0.15) is 18.0 Å². The number of rotatable bonds is 4. The summed E-state index contributed by atoms with van der Waals surface area (Å²) in [5.74, 6) is 0.444. The molecule has 0 radical (unpaired) electrons. The lowest BCUT2D eigenvalue weighted by molar-refractivity contribution is -0.383. The molecule has 0 aromatic heterocycles. The summed E-state index contributed by atoms with van der Waals surface area (Å²) in [7, 11) is 0. The van der Waals surface area contributed by atoms with Crippen LogP contribution in [0.5, 0.6) is 5.75 Å². The van der Waals surface area contributed by atoms with Gasteiger partial charge in [0.15, 0.2) is 0 Å². The van der Waals surface area contributed by atoms with Crippen LogP contribution in [0.3, 0.4) is 0 Å². The number of β-amino-alcohol motifs (C(OH)–C–C–N with tert-alkyl or cyclic N) is 1. The van der Waals surface area contributed by atoms with E-state index in [4.69, 9.17) is 15.6 Å². The van der Waals surface area contributed by atoms with E-state index in [1.807, 2.05) is 0 Å². The van der Waals surface area contributed by atoms with Crippen LogP contribution in [-0.2, 0) is 0 Å². The van der Waals surface area contributed by atoms with Crippen LogP contribution in [0.2, 0.25) is 0 Å². The number of anilines is 2. The number of nitrogens with two attached hydrogens (primary N) is 1. The molecule has 1 heterocycles. The first-order chi connectivity index (χ1) is 9.02. The van der Waals surface area contributed by atoms with Gasteiger partial charge in [-0.15, -0.1) is 0 Å². The molecule has 0 fully saturated rings. The maximum atomic E-state index is 10.9. The first-order valence-corrected chi connectivity index (χ1v) is 5.77. The molecule has 0 saturated heterocycles. The molecule has 1 aliphatic rings. The van der Waals surface area contributed by atoms with Gasteiger partial charge in [-0.05, 0) is 0 Å². The molecule has 0 bridgehead atoms. The Morgan fingerprint density at radius 1 is 1.58 bits per heavy atom. The predicted molar refractivity (Wildman–Crippen MR) is 68.3 cm³/mol. The lowest BCUT2D eigenvalue weighted by Crippen LogP contribution is -2.39. The summed E-state index contributed by atoms with van der Waals surface area (Å²) in [5, 5.41) is 29.2. The number of nitrogen functional groups attached to an aromatic ring is 1. The third-order valence-corrected chi connectivity index (χ3v) is 2.91. The topological polar surface area (TPSA) is 122 Å². The van der Waals surface area contributed by atoms with E-state index in [0.29, 0.717) is 24.6 Å². The number of nitro benzene ring substituents is 1. The summed E-state index contributed by atoms with van der Waals surface area (Å²) >= 11 is 0. The van der Waals surface area contributed by atoms with Crippen molar-refractivity contribution >= 4 is 17.1 Å². The zero-order chi connectivity index (χ0) is 14.0. The average molecular weight is 269 g/mol. The lowest BCUT2D eigenvalue weighted by atomic mass is 10.1. The zero-order valence-corrected chi connectivity index (χ0v) is 10.2. The molecule has 1 atom stereocenters. The van der Waals surface area contributed by atoms with E-state index in [0.717, 1.165) is 0 Å². The van der Waals surface area contributed by atoms with Crippen LogP contribution >= 0.6 is 0 Å². The third-order valence-electron chi connectivity index (χ3n) is 2.91. The van der Waals surface area contributed by atoms with Crippen LogP contribution in [-0.4, -0.2) is 47.5 Å². The highest BCUT2D eigenvalue weighted by Crippen LogP contribution is 2.38. The zero-order valence-electron chi connectivity index (χ0n) is 10.2. The van der Waals surface area contributed by atoms with Gasteiger partial charge < -0.3 is 25.6 Å². The number of fused-ring (bicyclic) bond motifs is 1. The van der Waals surface area contributed by atoms with E-state index >= 15 is 0 Å². The maximum Gasteiger partial charge on any atom is 0.294 e. The number of benzene rings is 1. The highest BCUT2D eigenvalue weighted by Gasteiger charge is 2.25. The minimum atomic E-state index is -0.914. The van der Waals surface area contributed by atoms with Gasteiger partial charge in [-0.25, -0.2) is 0 Å². The van der Waals surface area contributed by atoms with Crippen molar-refractivity contribution in [3.05, 3.63) is 22.2 Å². The fourth-order valence-corrected chi connectivity index (χ4v) is 1.98. The molecule has 8 nitrogen and oxygen atoms in total. The molecule has 1 unspecified atom stereocenters. The molecule has 0 aliphatic carbocycles. The standard InChI is InChI=1S/C11H15N3O5/c12-8-3-11-10(4-9(8)14(17)18)13(1-2-19-11)5-7(16)6-15/h3-4,7,15-16H,1-2,5-6,12H2. The van der Waals surface area contributed by atoms with Gasteiger partial charge in [0.2, 0.25) is 0 Å². The monoisotopic (exact) mass is 269 g/mol. The van der Waals surface area contributed by atoms with Gasteiger partial charge in [-0.2, -0.15) is 0 Å². The van der Waals surface area contributed by atoms with Crippen LogP contribution < -0.4 is 15.4 Å². The second kappa shape index (κ2) is 5.29. The summed E-state index contributed by atoms with van der Waals surface area (Å²) in [4.78, 5) is 12.0. The summed E-state index contributed by atoms with van der Waals surface area (Å²) in [5.41, 5.74) is 5.92. The number of ether oxygens (including phenoxy) is 1. The molecule has 19 heavy (non-hydrogen) atoms. The van der Waals surface area contributed by atoms with Crippen molar-refractivity contribution in [2.24, 2.45) is 0 Å². The van der Waals surface area contributed by atoms with Crippen LogP contribution in [0.4, 0.5) is 17.1 Å². The summed E-state index contributed by atoms with van der Waals surface area (Å²) < 4.78 is 5.40. The van der Waals surface area contributed by atoms with Gasteiger partial charge in [0.25, 0.3) is 5.69 Å². The van der Waals surface area contributed by atoms with Crippen LogP contribution in [0.1, 0.15) is 0 Å². The minimum absolute atomic E-state index is 0.0355. The smallest absolute Gasteiger partial charge is 0.294 e. The Morgan fingerprint density at radius 2 is 2.32 bits per heavy atom. The Morgan fingerprint density at radius 3 is 2.95 bits per heavy atom. The predicted octanol–water partition coefficient (Wildman–Crippen LogP) is -0.271. The minimum Gasteiger partial charge on any atom is -0.489 e. The van der Waals surface area contributed by atoms with E-state index in [-0.39, 0.29) is 24.5 Å². The second-order valence-electron chi connectivity index (χ2n) is 4.27. The Bertz CT molecular complexity index is 493. The molecule has 0 saturated carbocycles. The fraction of sp³-hybridized carbons (Fsp3) is 0.455. The number of hydrogen-bond acceptors (Lipinski definition) is 7. The molecular formula is C11H15N3O5. The van der Waals surface area contributed by atoms with Crippen molar-refractivity contribution < 1.29 is 19.9 Å². The number of nitro groups is 1. The van der Waals surface area contributed by atoms with Crippen LogP contribution in [0.15, 0.2) is 12.1 Å². The Hall–Kier alpha value is -2.06. The SMILES string of the molecule is Nc1cc2c(cc1[N+](=O)[O-])N(CC(O)CO)CCO2. The largest absolute Gasteiger partial charge is 0.489 e. The molecule has 0 spiro atoms.